The Morgan fingerprint density at radius 1 is 1.05 bits per heavy atom. The number of ether oxygens (including phenoxy) is 2. The average molecular weight is 608 g/mol. The summed E-state index contributed by atoms with van der Waals surface area (Å²) in [6, 6.07) is 9.75. The number of amides is 3. The number of carbonyl (C=O) groups excluding carboxylic acids is 4. The van der Waals surface area contributed by atoms with Crippen molar-refractivity contribution in [1.82, 2.24) is 15.5 Å². The van der Waals surface area contributed by atoms with Crippen molar-refractivity contribution in [2.24, 2.45) is 5.73 Å². The van der Waals surface area contributed by atoms with Gasteiger partial charge in [-0.15, -0.1) is 0 Å². The van der Waals surface area contributed by atoms with Crippen LogP contribution < -0.4 is 21.1 Å². The van der Waals surface area contributed by atoms with Gasteiger partial charge < -0.3 is 35.8 Å². The third kappa shape index (κ3) is 9.41. The minimum atomic E-state index is -1.31. The number of carbonyl (C=O) groups is 5. The van der Waals surface area contributed by atoms with Crippen molar-refractivity contribution in [1.29, 1.82) is 5.41 Å². The SMILES string of the molecule is CCOC(=O)C[C@H](COc1cc(C(=N)N)ccc1C=C(CC(=O)NC)C(=O)O)NC(=O)c1ccc(C(=O)N2CCCC2)cc1. The Hall–Kier alpha value is -5.20. The molecule has 3 rings (SSSR count). The second-order valence-corrected chi connectivity index (χ2v) is 10.1. The molecule has 0 aromatic heterocycles. The third-order valence-corrected chi connectivity index (χ3v) is 6.84. The quantitative estimate of drug-likeness (QED) is 0.0921. The van der Waals surface area contributed by atoms with Crippen LogP contribution in [-0.2, 0) is 19.1 Å². The van der Waals surface area contributed by atoms with E-state index in [1.54, 1.807) is 24.0 Å². The molecular weight excluding hydrogens is 570 g/mol. The van der Waals surface area contributed by atoms with Gasteiger partial charge in [0.1, 0.15) is 18.2 Å². The molecule has 1 aliphatic heterocycles. The summed E-state index contributed by atoms with van der Waals surface area (Å²) in [7, 11) is 1.39. The van der Waals surface area contributed by atoms with E-state index in [0.717, 1.165) is 12.8 Å². The Morgan fingerprint density at radius 2 is 1.68 bits per heavy atom. The van der Waals surface area contributed by atoms with Gasteiger partial charge in [0.25, 0.3) is 11.8 Å². The lowest BCUT2D eigenvalue weighted by Gasteiger charge is -2.20. The summed E-state index contributed by atoms with van der Waals surface area (Å²) in [4.78, 5) is 63.6. The van der Waals surface area contributed by atoms with Gasteiger partial charge in [0, 0.05) is 48.0 Å². The maximum absolute atomic E-state index is 13.1. The monoisotopic (exact) mass is 607 g/mol. The summed E-state index contributed by atoms with van der Waals surface area (Å²) in [6.45, 7) is 2.95. The maximum atomic E-state index is 13.1. The highest BCUT2D eigenvalue weighted by Crippen LogP contribution is 2.25. The summed E-state index contributed by atoms with van der Waals surface area (Å²) in [5, 5.41) is 22.5. The molecule has 0 bridgehead atoms. The first-order chi connectivity index (χ1) is 21.0. The maximum Gasteiger partial charge on any atom is 0.332 e. The van der Waals surface area contributed by atoms with Gasteiger partial charge in [-0.3, -0.25) is 24.6 Å². The Bertz CT molecular complexity index is 1430. The molecule has 1 heterocycles. The zero-order chi connectivity index (χ0) is 32.2. The fourth-order valence-electron chi connectivity index (χ4n) is 4.48. The van der Waals surface area contributed by atoms with Crippen molar-refractivity contribution in [2.75, 3.05) is 33.4 Å². The van der Waals surface area contributed by atoms with Gasteiger partial charge in [-0.25, -0.2) is 4.79 Å². The number of nitrogens with two attached hydrogens (primary N) is 1. The lowest BCUT2D eigenvalue weighted by molar-refractivity contribution is -0.143. The molecule has 2 aromatic rings. The first kappa shape index (κ1) is 33.3. The molecule has 1 fully saturated rings. The van der Waals surface area contributed by atoms with Crippen LogP contribution in [0.25, 0.3) is 6.08 Å². The van der Waals surface area contributed by atoms with Gasteiger partial charge in [-0.1, -0.05) is 12.1 Å². The fraction of sp³-hybridized carbons (Fsp3) is 0.355. The topological polar surface area (TPSA) is 201 Å². The number of benzene rings is 2. The fourth-order valence-corrected chi connectivity index (χ4v) is 4.48. The van der Waals surface area contributed by atoms with Crippen LogP contribution in [0.3, 0.4) is 0 Å². The van der Waals surface area contributed by atoms with E-state index in [9.17, 15) is 29.1 Å². The molecule has 0 aliphatic carbocycles. The number of likely N-dealkylation sites (tertiary alicyclic amines) is 1. The number of rotatable bonds is 14. The van der Waals surface area contributed by atoms with Crippen LogP contribution in [0.15, 0.2) is 48.0 Å². The van der Waals surface area contributed by atoms with Crippen molar-refractivity contribution < 1.29 is 38.6 Å². The molecule has 1 atom stereocenters. The van der Waals surface area contributed by atoms with E-state index in [0.29, 0.717) is 18.7 Å². The van der Waals surface area contributed by atoms with Crippen LogP contribution in [0.4, 0.5) is 0 Å². The number of carboxylic acid groups (broad SMARTS) is 1. The lowest BCUT2D eigenvalue weighted by Crippen LogP contribution is -2.41. The molecule has 1 saturated heterocycles. The van der Waals surface area contributed by atoms with Crippen molar-refractivity contribution in [3.63, 3.8) is 0 Å². The molecule has 234 valence electrons. The molecule has 0 saturated carbocycles. The van der Waals surface area contributed by atoms with Crippen LogP contribution in [0.5, 0.6) is 5.75 Å². The molecule has 3 amide bonds. The van der Waals surface area contributed by atoms with Gasteiger partial charge in [-0.2, -0.15) is 0 Å². The Balaban J connectivity index is 1.83. The van der Waals surface area contributed by atoms with E-state index in [2.05, 4.69) is 10.6 Å². The summed E-state index contributed by atoms with van der Waals surface area (Å²) >= 11 is 0. The number of nitrogens with zero attached hydrogens (tertiary/aromatic N) is 1. The Labute approximate surface area is 254 Å². The highest BCUT2D eigenvalue weighted by Gasteiger charge is 2.22. The molecular formula is C31H37N5O8. The van der Waals surface area contributed by atoms with Crippen molar-refractivity contribution in [3.05, 3.63) is 70.3 Å². The molecule has 0 radical (unpaired) electrons. The predicted octanol–water partition coefficient (Wildman–Crippen LogP) is 1.94. The van der Waals surface area contributed by atoms with E-state index >= 15 is 0 Å². The van der Waals surface area contributed by atoms with Gasteiger partial charge in [0.15, 0.2) is 0 Å². The van der Waals surface area contributed by atoms with E-state index in [-0.39, 0.29) is 59.4 Å². The second-order valence-electron chi connectivity index (χ2n) is 10.1. The number of amidine groups is 1. The van der Waals surface area contributed by atoms with Crippen molar-refractivity contribution in [3.8, 4) is 5.75 Å². The molecule has 44 heavy (non-hydrogen) atoms. The third-order valence-electron chi connectivity index (χ3n) is 6.84. The number of carboxylic acids is 1. The highest BCUT2D eigenvalue weighted by atomic mass is 16.5. The van der Waals surface area contributed by atoms with Crippen LogP contribution in [-0.4, -0.2) is 84.9 Å². The standard InChI is InChI=1S/C31H37N5O8/c1-3-43-27(38)17-24(35-29(39)19-6-8-20(9-7-19)30(40)36-12-4-5-13-36)18-44-25-15-22(28(32)33)11-10-21(25)14-23(31(41)42)16-26(37)34-2/h6-11,14-15,24H,3-5,12-13,16-18H2,1-2H3,(H3,32,33)(H,34,37)(H,35,39)(H,41,42)/t24-/m1/s1. The molecule has 0 unspecified atom stereocenters. The highest BCUT2D eigenvalue weighted by molar-refractivity contribution is 6.00. The minimum absolute atomic E-state index is 0.0953. The van der Waals surface area contributed by atoms with E-state index in [1.807, 2.05) is 0 Å². The predicted molar refractivity (Wildman–Crippen MR) is 161 cm³/mol. The number of esters is 1. The number of nitrogens with one attached hydrogen (secondary N) is 3. The Morgan fingerprint density at radius 3 is 2.27 bits per heavy atom. The van der Waals surface area contributed by atoms with E-state index < -0.39 is 36.2 Å². The summed E-state index contributed by atoms with van der Waals surface area (Å²) in [5.74, 6) is -3.16. The molecule has 0 spiro atoms. The first-order valence-corrected chi connectivity index (χ1v) is 14.1. The summed E-state index contributed by atoms with van der Waals surface area (Å²) in [6.07, 6.45) is 2.55. The number of aliphatic carboxylic acids is 1. The number of hydrogen-bond acceptors (Lipinski definition) is 8. The molecule has 13 nitrogen and oxygen atoms in total. The van der Waals surface area contributed by atoms with Crippen molar-refractivity contribution >= 4 is 41.6 Å². The zero-order valence-corrected chi connectivity index (χ0v) is 24.7. The molecule has 6 N–H and O–H groups in total. The normalized spacial score (nSPS) is 13.5. The van der Waals surface area contributed by atoms with Gasteiger partial charge in [0.05, 0.1) is 25.5 Å². The smallest absolute Gasteiger partial charge is 0.332 e. The average Bonchev–Trinajstić information content (AvgIpc) is 3.54. The van der Waals surface area contributed by atoms with E-state index in [4.69, 9.17) is 20.6 Å². The number of hydrogen-bond donors (Lipinski definition) is 5. The molecule has 2 aromatic carbocycles. The van der Waals surface area contributed by atoms with Crippen molar-refractivity contribution in [2.45, 2.75) is 38.6 Å². The largest absolute Gasteiger partial charge is 0.491 e. The molecule has 1 aliphatic rings. The van der Waals surface area contributed by atoms with Crippen LogP contribution in [0.1, 0.15) is 64.4 Å². The summed E-state index contributed by atoms with van der Waals surface area (Å²) < 4.78 is 11.0. The van der Waals surface area contributed by atoms with Crippen LogP contribution >= 0.6 is 0 Å². The zero-order valence-electron chi connectivity index (χ0n) is 24.7. The van der Waals surface area contributed by atoms with E-state index in [1.165, 1.54) is 43.5 Å². The summed E-state index contributed by atoms with van der Waals surface area (Å²) in [5.41, 5.74) is 6.72. The minimum Gasteiger partial charge on any atom is -0.491 e. The molecule has 13 heteroatoms. The van der Waals surface area contributed by atoms with Gasteiger partial charge in [0.2, 0.25) is 5.91 Å². The Kier molecular flexibility index (Phi) is 12.0. The van der Waals surface area contributed by atoms with Crippen LogP contribution in [0, 0.1) is 5.41 Å². The van der Waals surface area contributed by atoms with Crippen LogP contribution in [0.2, 0.25) is 0 Å². The van der Waals surface area contributed by atoms with Gasteiger partial charge in [-0.05, 0) is 56.2 Å². The number of nitrogen functional groups attached to an aromatic ring is 1. The second kappa shape index (κ2) is 15.9. The lowest BCUT2D eigenvalue weighted by atomic mass is 10.0. The first-order valence-electron chi connectivity index (χ1n) is 14.1. The van der Waals surface area contributed by atoms with Gasteiger partial charge >= 0.3 is 11.9 Å².